The van der Waals surface area contributed by atoms with Crippen molar-refractivity contribution >= 4 is 49.7 Å². The third-order valence-corrected chi connectivity index (χ3v) is 8.50. The molecule has 1 N–H and O–H groups in total. The van der Waals surface area contributed by atoms with Crippen molar-refractivity contribution in [2.45, 2.75) is 36.6 Å². The van der Waals surface area contributed by atoms with Gasteiger partial charge < -0.3 is 15.0 Å². The SMILES string of the molecule is CCCCN(C(=O)CSc1nnc(Nc2ccc(OC)cc2)s1)C1CCS(=O)(=O)C1. The van der Waals surface area contributed by atoms with Crippen molar-refractivity contribution in [1.29, 1.82) is 0 Å². The van der Waals surface area contributed by atoms with E-state index in [4.69, 9.17) is 4.74 Å². The number of anilines is 2. The number of amides is 1. The number of nitrogens with one attached hydrogen (secondary N) is 1. The summed E-state index contributed by atoms with van der Waals surface area (Å²) >= 11 is 2.70. The van der Waals surface area contributed by atoms with Gasteiger partial charge in [0, 0.05) is 18.3 Å². The smallest absolute Gasteiger partial charge is 0.233 e. The normalized spacial score (nSPS) is 17.6. The minimum atomic E-state index is -3.03. The molecule has 1 fully saturated rings. The lowest BCUT2D eigenvalue weighted by atomic mass is 10.2. The van der Waals surface area contributed by atoms with Gasteiger partial charge >= 0.3 is 0 Å². The molecule has 0 aliphatic carbocycles. The van der Waals surface area contributed by atoms with E-state index in [-0.39, 0.29) is 29.2 Å². The number of methoxy groups -OCH3 is 1. The molecule has 2 aromatic rings. The largest absolute Gasteiger partial charge is 0.497 e. The molecule has 1 atom stereocenters. The highest BCUT2D eigenvalue weighted by atomic mass is 32.2. The molecule has 8 nitrogen and oxygen atoms in total. The Morgan fingerprint density at radius 2 is 2.10 bits per heavy atom. The Morgan fingerprint density at radius 1 is 1.33 bits per heavy atom. The molecule has 1 aliphatic heterocycles. The van der Waals surface area contributed by atoms with Crippen LogP contribution in [0.5, 0.6) is 5.75 Å². The van der Waals surface area contributed by atoms with Crippen LogP contribution in [0.1, 0.15) is 26.2 Å². The van der Waals surface area contributed by atoms with Crippen LogP contribution in [0.25, 0.3) is 0 Å². The summed E-state index contributed by atoms with van der Waals surface area (Å²) in [7, 11) is -1.42. The van der Waals surface area contributed by atoms with Crippen LogP contribution >= 0.6 is 23.1 Å². The molecule has 1 aromatic heterocycles. The molecule has 11 heteroatoms. The van der Waals surface area contributed by atoms with Crippen LogP contribution in [0.4, 0.5) is 10.8 Å². The Hall–Kier alpha value is -1.85. The number of rotatable bonds is 10. The maximum atomic E-state index is 12.8. The van der Waals surface area contributed by atoms with E-state index in [1.165, 1.54) is 23.1 Å². The Kier molecular flexibility index (Phi) is 7.95. The zero-order valence-electron chi connectivity index (χ0n) is 17.0. The summed E-state index contributed by atoms with van der Waals surface area (Å²) in [4.78, 5) is 14.6. The van der Waals surface area contributed by atoms with E-state index >= 15 is 0 Å². The van der Waals surface area contributed by atoms with Crippen molar-refractivity contribution in [3.8, 4) is 5.75 Å². The number of aromatic nitrogens is 2. The van der Waals surface area contributed by atoms with Gasteiger partial charge in [0.2, 0.25) is 11.0 Å². The first-order chi connectivity index (χ1) is 14.4. The number of hydrogen-bond donors (Lipinski definition) is 1. The quantitative estimate of drug-likeness (QED) is 0.528. The van der Waals surface area contributed by atoms with Gasteiger partial charge in [0.05, 0.1) is 24.4 Å². The van der Waals surface area contributed by atoms with Crippen LogP contribution in [0, 0.1) is 0 Å². The van der Waals surface area contributed by atoms with Crippen molar-refractivity contribution in [3.05, 3.63) is 24.3 Å². The van der Waals surface area contributed by atoms with Crippen molar-refractivity contribution in [1.82, 2.24) is 15.1 Å². The minimum Gasteiger partial charge on any atom is -0.497 e. The van der Waals surface area contributed by atoms with Crippen LogP contribution in [0.3, 0.4) is 0 Å². The molecule has 1 aromatic carbocycles. The summed E-state index contributed by atoms with van der Waals surface area (Å²) in [6.45, 7) is 2.65. The van der Waals surface area contributed by atoms with Gasteiger partial charge in [-0.25, -0.2) is 8.42 Å². The fourth-order valence-electron chi connectivity index (χ4n) is 3.18. The number of nitrogens with zero attached hydrogens (tertiary/aromatic N) is 3. The number of benzene rings is 1. The van der Waals surface area contributed by atoms with Gasteiger partial charge in [-0.15, -0.1) is 10.2 Å². The van der Waals surface area contributed by atoms with Gasteiger partial charge in [-0.05, 0) is 37.1 Å². The van der Waals surface area contributed by atoms with Gasteiger partial charge in [-0.2, -0.15) is 0 Å². The zero-order chi connectivity index (χ0) is 21.6. The summed E-state index contributed by atoms with van der Waals surface area (Å²) < 4.78 is 29.5. The average molecular weight is 471 g/mol. The second-order valence-corrected chi connectivity index (χ2v) is 11.4. The third kappa shape index (κ3) is 6.32. The van der Waals surface area contributed by atoms with Gasteiger partial charge in [-0.3, -0.25) is 4.79 Å². The summed E-state index contributed by atoms with van der Waals surface area (Å²) in [6, 6.07) is 7.27. The van der Waals surface area contributed by atoms with Crippen LogP contribution < -0.4 is 10.1 Å². The molecule has 0 saturated carbocycles. The lowest BCUT2D eigenvalue weighted by Crippen LogP contribution is -2.42. The number of unbranched alkanes of at least 4 members (excludes halogenated alkanes) is 1. The molecule has 0 spiro atoms. The zero-order valence-corrected chi connectivity index (χ0v) is 19.5. The molecule has 164 valence electrons. The van der Waals surface area contributed by atoms with E-state index in [1.807, 2.05) is 24.3 Å². The lowest BCUT2D eigenvalue weighted by Gasteiger charge is -2.28. The highest BCUT2D eigenvalue weighted by Crippen LogP contribution is 2.29. The first-order valence-corrected chi connectivity index (χ1v) is 13.4. The van der Waals surface area contributed by atoms with E-state index < -0.39 is 9.84 Å². The molecule has 0 radical (unpaired) electrons. The number of hydrogen-bond acceptors (Lipinski definition) is 9. The van der Waals surface area contributed by atoms with Crippen molar-refractivity contribution in [2.24, 2.45) is 0 Å². The number of sulfone groups is 1. The average Bonchev–Trinajstić information content (AvgIpc) is 3.33. The molecule has 1 amide bonds. The van der Waals surface area contributed by atoms with Gasteiger partial charge in [0.25, 0.3) is 0 Å². The number of carbonyl (C=O) groups excluding carboxylic acids is 1. The fourth-order valence-corrected chi connectivity index (χ4v) is 6.57. The number of ether oxygens (including phenoxy) is 1. The summed E-state index contributed by atoms with van der Waals surface area (Å²) in [5.41, 5.74) is 0.868. The topological polar surface area (TPSA) is 101 Å². The Bertz CT molecular complexity index is 947. The lowest BCUT2D eigenvalue weighted by molar-refractivity contribution is -0.130. The molecule has 0 bridgehead atoms. The summed E-state index contributed by atoms with van der Waals surface area (Å²) in [5, 5.41) is 12.1. The predicted molar refractivity (Wildman–Crippen MR) is 121 cm³/mol. The van der Waals surface area contributed by atoms with Crippen LogP contribution in [0.2, 0.25) is 0 Å². The van der Waals surface area contributed by atoms with E-state index in [0.29, 0.717) is 22.4 Å². The van der Waals surface area contributed by atoms with Gasteiger partial charge in [0.1, 0.15) is 5.75 Å². The standard InChI is InChI=1S/C19H26N4O4S3/c1-3-4-10-23(15-9-11-30(25,26)13-15)17(24)12-28-19-22-21-18(29-19)20-14-5-7-16(27-2)8-6-14/h5-8,15H,3-4,9-13H2,1-2H3,(H,20,21). The Morgan fingerprint density at radius 3 is 2.73 bits per heavy atom. The maximum Gasteiger partial charge on any atom is 0.233 e. The number of thioether (sulfide) groups is 1. The molecule has 1 saturated heterocycles. The molecule has 30 heavy (non-hydrogen) atoms. The van der Waals surface area contributed by atoms with E-state index in [0.717, 1.165) is 24.3 Å². The molecule has 1 unspecified atom stereocenters. The van der Waals surface area contributed by atoms with Crippen molar-refractivity contribution < 1.29 is 17.9 Å². The molecular weight excluding hydrogens is 444 g/mol. The molecule has 1 aliphatic rings. The highest BCUT2D eigenvalue weighted by Gasteiger charge is 2.34. The van der Waals surface area contributed by atoms with Crippen LogP contribution in [0.15, 0.2) is 28.6 Å². The third-order valence-electron chi connectivity index (χ3n) is 4.79. The van der Waals surface area contributed by atoms with Crippen molar-refractivity contribution in [3.63, 3.8) is 0 Å². The first kappa shape index (κ1) is 22.8. The number of carbonyl (C=O) groups is 1. The van der Waals surface area contributed by atoms with Crippen molar-refractivity contribution in [2.75, 3.05) is 36.2 Å². The monoisotopic (exact) mass is 470 g/mol. The Labute approximate surface area is 185 Å². The fraction of sp³-hybridized carbons (Fsp3) is 0.526. The summed E-state index contributed by atoms with van der Waals surface area (Å²) in [5.74, 6) is 1.18. The summed E-state index contributed by atoms with van der Waals surface area (Å²) in [6.07, 6.45) is 2.34. The first-order valence-electron chi connectivity index (χ1n) is 9.77. The van der Waals surface area contributed by atoms with E-state index in [9.17, 15) is 13.2 Å². The second kappa shape index (κ2) is 10.5. The van der Waals surface area contributed by atoms with E-state index in [1.54, 1.807) is 12.0 Å². The maximum absolute atomic E-state index is 12.8. The predicted octanol–water partition coefficient (Wildman–Crippen LogP) is 3.20. The van der Waals surface area contributed by atoms with E-state index in [2.05, 4.69) is 22.4 Å². The minimum absolute atomic E-state index is 0.0459. The molecular formula is C19H26N4O4S3. The Balaban J connectivity index is 1.56. The molecule has 3 rings (SSSR count). The van der Waals surface area contributed by atoms with Gasteiger partial charge in [-0.1, -0.05) is 36.4 Å². The second-order valence-electron chi connectivity index (χ2n) is 7.01. The van der Waals surface area contributed by atoms with Crippen LogP contribution in [-0.2, 0) is 14.6 Å². The van der Waals surface area contributed by atoms with Gasteiger partial charge in [0.15, 0.2) is 14.2 Å². The highest BCUT2D eigenvalue weighted by molar-refractivity contribution is 8.01. The molecule has 2 heterocycles. The van der Waals surface area contributed by atoms with Crippen LogP contribution in [-0.4, -0.2) is 66.4 Å².